The van der Waals surface area contributed by atoms with E-state index in [1.807, 2.05) is 36.1 Å². The summed E-state index contributed by atoms with van der Waals surface area (Å²) in [6.07, 6.45) is 3.82. The monoisotopic (exact) mass is 373 g/mol. The second-order valence-electron chi connectivity index (χ2n) is 7.81. The van der Waals surface area contributed by atoms with Gasteiger partial charge in [0.1, 0.15) is 5.75 Å². The van der Waals surface area contributed by atoms with Crippen LogP contribution in [0.5, 0.6) is 5.75 Å². The van der Waals surface area contributed by atoms with Crippen molar-refractivity contribution in [3.8, 4) is 5.75 Å². The molecule has 0 saturated carbocycles. The Balaban J connectivity index is 1.53. The van der Waals surface area contributed by atoms with Gasteiger partial charge in [0.2, 0.25) is 11.8 Å². The van der Waals surface area contributed by atoms with E-state index in [-0.39, 0.29) is 17.2 Å². The van der Waals surface area contributed by atoms with E-state index in [0.717, 1.165) is 56.8 Å². The minimum Gasteiger partial charge on any atom is -0.496 e. The molecule has 6 nitrogen and oxygen atoms in total. The number of benzene rings is 1. The van der Waals surface area contributed by atoms with Crippen molar-refractivity contribution in [3.63, 3.8) is 0 Å². The number of hydrogen-bond acceptors (Lipinski definition) is 4. The molecule has 1 aromatic carbocycles. The maximum Gasteiger partial charge on any atom is 0.234 e. The lowest BCUT2D eigenvalue weighted by Gasteiger charge is -2.48. The quantitative estimate of drug-likeness (QED) is 0.829. The van der Waals surface area contributed by atoms with Crippen molar-refractivity contribution in [2.75, 3.05) is 39.8 Å². The average Bonchev–Trinajstić information content (AvgIpc) is 2.69. The smallest absolute Gasteiger partial charge is 0.234 e. The zero-order valence-corrected chi connectivity index (χ0v) is 16.5. The van der Waals surface area contributed by atoms with Crippen LogP contribution in [0.1, 0.15) is 38.2 Å². The van der Waals surface area contributed by atoms with E-state index in [1.54, 1.807) is 7.11 Å². The van der Waals surface area contributed by atoms with Crippen molar-refractivity contribution in [2.24, 2.45) is 5.41 Å². The highest BCUT2D eigenvalue weighted by Gasteiger charge is 2.41. The van der Waals surface area contributed by atoms with Gasteiger partial charge in [0.05, 0.1) is 13.7 Å². The molecule has 1 N–H and O–H groups in total. The number of piperidine rings is 2. The predicted octanol–water partition coefficient (Wildman–Crippen LogP) is 2.04. The lowest BCUT2D eigenvalue weighted by atomic mass is 9.73. The average molecular weight is 373 g/mol. The molecule has 0 aromatic heterocycles. The number of carbonyl (C=O) groups is 2. The fourth-order valence-corrected chi connectivity index (χ4v) is 4.47. The van der Waals surface area contributed by atoms with E-state index in [4.69, 9.17) is 4.74 Å². The number of ether oxygens (including phenoxy) is 1. The summed E-state index contributed by atoms with van der Waals surface area (Å²) in [4.78, 5) is 28.7. The van der Waals surface area contributed by atoms with E-state index < -0.39 is 0 Å². The third kappa shape index (κ3) is 4.80. The van der Waals surface area contributed by atoms with E-state index in [2.05, 4.69) is 10.2 Å². The van der Waals surface area contributed by atoms with Gasteiger partial charge < -0.3 is 15.0 Å². The Morgan fingerprint density at radius 2 is 2.07 bits per heavy atom. The fraction of sp³-hybridized carbons (Fsp3) is 0.619. The van der Waals surface area contributed by atoms with Crippen LogP contribution in [0.2, 0.25) is 0 Å². The second-order valence-corrected chi connectivity index (χ2v) is 7.81. The minimum absolute atomic E-state index is 0.0391. The highest BCUT2D eigenvalue weighted by Crippen LogP contribution is 2.38. The molecule has 2 fully saturated rings. The summed E-state index contributed by atoms with van der Waals surface area (Å²) in [6, 6.07) is 7.74. The van der Waals surface area contributed by atoms with Gasteiger partial charge in [-0.2, -0.15) is 0 Å². The van der Waals surface area contributed by atoms with Gasteiger partial charge in [-0.1, -0.05) is 18.2 Å². The molecule has 2 aliphatic heterocycles. The Kier molecular flexibility index (Phi) is 6.37. The number of para-hydroxylation sites is 1. The molecular formula is C21H31N3O3. The molecule has 0 aliphatic carbocycles. The topological polar surface area (TPSA) is 61.9 Å². The lowest BCUT2D eigenvalue weighted by Crippen LogP contribution is -2.55. The molecule has 1 spiro atoms. The third-order valence-corrected chi connectivity index (χ3v) is 5.91. The van der Waals surface area contributed by atoms with Crippen LogP contribution < -0.4 is 10.1 Å². The normalized spacial score (nSPS) is 23.5. The van der Waals surface area contributed by atoms with Gasteiger partial charge in [0.25, 0.3) is 0 Å². The molecule has 148 valence electrons. The molecule has 1 unspecified atom stereocenters. The number of nitrogens with zero attached hydrogens (tertiary/aromatic N) is 2. The number of likely N-dealkylation sites (tertiary alicyclic amines) is 2. The molecular weight excluding hydrogens is 342 g/mol. The molecule has 2 heterocycles. The Bertz CT molecular complexity index is 678. The van der Waals surface area contributed by atoms with Crippen LogP contribution in [0.4, 0.5) is 0 Å². The first-order chi connectivity index (χ1) is 13.0. The van der Waals surface area contributed by atoms with Crippen molar-refractivity contribution in [2.45, 2.75) is 39.2 Å². The first-order valence-electron chi connectivity index (χ1n) is 9.94. The number of methoxy groups -OCH3 is 1. The van der Waals surface area contributed by atoms with Gasteiger partial charge in [-0.05, 0) is 38.8 Å². The van der Waals surface area contributed by atoms with E-state index in [1.165, 1.54) is 0 Å². The predicted molar refractivity (Wildman–Crippen MR) is 104 cm³/mol. The van der Waals surface area contributed by atoms with Gasteiger partial charge in [0, 0.05) is 43.6 Å². The van der Waals surface area contributed by atoms with Gasteiger partial charge in [0.15, 0.2) is 0 Å². The minimum atomic E-state index is 0.0391. The van der Waals surface area contributed by atoms with Gasteiger partial charge in [-0.15, -0.1) is 0 Å². The Morgan fingerprint density at radius 1 is 1.26 bits per heavy atom. The van der Waals surface area contributed by atoms with Crippen LogP contribution in [-0.2, 0) is 16.1 Å². The molecule has 1 aromatic rings. The maximum absolute atomic E-state index is 12.5. The summed E-state index contributed by atoms with van der Waals surface area (Å²) in [5, 5.41) is 3.01. The standard InChI is InChI=1S/C21H31N3O3/c1-3-24-16-21(11-9-20(24)26)10-6-12-23(15-21)14-19(25)22-13-17-7-4-5-8-18(17)27-2/h4-5,7-8H,3,6,9-16H2,1-2H3,(H,22,25). The summed E-state index contributed by atoms with van der Waals surface area (Å²) < 4.78 is 5.34. The number of rotatable bonds is 6. The van der Waals surface area contributed by atoms with Crippen LogP contribution in [0.15, 0.2) is 24.3 Å². The highest BCUT2D eigenvalue weighted by atomic mass is 16.5. The van der Waals surface area contributed by atoms with Crippen LogP contribution in [-0.4, -0.2) is 61.4 Å². The number of amides is 2. The summed E-state index contributed by atoms with van der Waals surface area (Å²) >= 11 is 0. The van der Waals surface area contributed by atoms with Crippen molar-refractivity contribution < 1.29 is 14.3 Å². The number of hydrogen-bond donors (Lipinski definition) is 1. The zero-order chi connectivity index (χ0) is 19.3. The largest absolute Gasteiger partial charge is 0.496 e. The van der Waals surface area contributed by atoms with Gasteiger partial charge >= 0.3 is 0 Å². The van der Waals surface area contributed by atoms with E-state index >= 15 is 0 Å². The Labute approximate surface area is 161 Å². The molecule has 2 amide bonds. The zero-order valence-electron chi connectivity index (χ0n) is 16.5. The Morgan fingerprint density at radius 3 is 2.85 bits per heavy atom. The lowest BCUT2D eigenvalue weighted by molar-refractivity contribution is -0.139. The molecule has 0 radical (unpaired) electrons. The molecule has 1 atom stereocenters. The Hall–Kier alpha value is -2.08. The summed E-state index contributed by atoms with van der Waals surface area (Å²) in [6.45, 7) is 6.39. The first-order valence-corrected chi connectivity index (χ1v) is 9.94. The van der Waals surface area contributed by atoms with Crippen molar-refractivity contribution in [1.29, 1.82) is 0 Å². The molecule has 2 saturated heterocycles. The number of nitrogens with one attached hydrogen (secondary N) is 1. The van der Waals surface area contributed by atoms with Crippen LogP contribution in [0.25, 0.3) is 0 Å². The fourth-order valence-electron chi connectivity index (χ4n) is 4.47. The second kappa shape index (κ2) is 8.74. The summed E-state index contributed by atoms with van der Waals surface area (Å²) in [5.41, 5.74) is 1.14. The van der Waals surface area contributed by atoms with Gasteiger partial charge in [-0.3, -0.25) is 14.5 Å². The molecule has 27 heavy (non-hydrogen) atoms. The third-order valence-electron chi connectivity index (χ3n) is 5.91. The molecule has 0 bridgehead atoms. The van der Waals surface area contributed by atoms with Crippen LogP contribution >= 0.6 is 0 Å². The molecule has 6 heteroatoms. The van der Waals surface area contributed by atoms with Gasteiger partial charge in [-0.25, -0.2) is 0 Å². The highest BCUT2D eigenvalue weighted by molar-refractivity contribution is 5.78. The van der Waals surface area contributed by atoms with E-state index in [9.17, 15) is 9.59 Å². The van der Waals surface area contributed by atoms with Crippen molar-refractivity contribution >= 4 is 11.8 Å². The summed E-state index contributed by atoms with van der Waals surface area (Å²) in [5.74, 6) is 1.10. The SMILES string of the molecule is CCN1CC2(CCCN(CC(=O)NCc3ccccc3OC)C2)CCC1=O. The van der Waals surface area contributed by atoms with Crippen molar-refractivity contribution in [1.82, 2.24) is 15.1 Å². The van der Waals surface area contributed by atoms with Crippen LogP contribution in [0.3, 0.4) is 0 Å². The number of carbonyl (C=O) groups excluding carboxylic acids is 2. The van der Waals surface area contributed by atoms with Crippen LogP contribution in [0, 0.1) is 5.41 Å². The first kappa shape index (κ1) is 19.7. The molecule has 3 rings (SSSR count). The van der Waals surface area contributed by atoms with E-state index in [0.29, 0.717) is 19.5 Å². The maximum atomic E-state index is 12.5. The molecule has 2 aliphatic rings. The summed E-state index contributed by atoms with van der Waals surface area (Å²) in [7, 11) is 1.64. The van der Waals surface area contributed by atoms with Crippen molar-refractivity contribution in [3.05, 3.63) is 29.8 Å².